The van der Waals surface area contributed by atoms with Gasteiger partial charge in [0.1, 0.15) is 18.0 Å². The fraction of sp³-hybridized carbons (Fsp3) is 0.412. The van der Waals surface area contributed by atoms with Gasteiger partial charge in [-0.05, 0) is 88.1 Å². The Morgan fingerprint density at radius 2 is 1.95 bits per heavy atom. The molecule has 1 amide bonds. The van der Waals surface area contributed by atoms with Crippen LogP contribution in [0.1, 0.15) is 51.2 Å². The highest BCUT2D eigenvalue weighted by molar-refractivity contribution is 5.92. The first-order valence-corrected chi connectivity index (χ1v) is 15.1. The first kappa shape index (κ1) is 31.1. The number of aryl methyl sites for hydroxylation is 2. The van der Waals surface area contributed by atoms with Gasteiger partial charge in [-0.1, -0.05) is 30.3 Å². The third-order valence-electron chi connectivity index (χ3n) is 7.53. The number of hydrogen-bond acceptors (Lipinski definition) is 8. The molecule has 2 aromatic carbocycles. The molecule has 2 atom stereocenters. The van der Waals surface area contributed by atoms with Crippen LogP contribution in [0.5, 0.6) is 11.6 Å². The van der Waals surface area contributed by atoms with E-state index in [1.807, 2.05) is 76.2 Å². The molecule has 5 rings (SSSR count). The quantitative estimate of drug-likeness (QED) is 0.214. The van der Waals surface area contributed by atoms with Gasteiger partial charge in [0, 0.05) is 36.9 Å². The van der Waals surface area contributed by atoms with Gasteiger partial charge in [0.2, 0.25) is 11.8 Å². The maximum atomic E-state index is 12.9. The zero-order valence-electron chi connectivity index (χ0n) is 25.7. The molecule has 3 heterocycles. The van der Waals surface area contributed by atoms with Gasteiger partial charge in [0.25, 0.3) is 0 Å². The summed E-state index contributed by atoms with van der Waals surface area (Å²) in [4.78, 5) is 28.1. The summed E-state index contributed by atoms with van der Waals surface area (Å²) in [6, 6.07) is 15.5. The summed E-state index contributed by atoms with van der Waals surface area (Å²) < 4.78 is 25.0. The number of aliphatic hydroxyl groups excluding tert-OH is 1. The van der Waals surface area contributed by atoms with Crippen LogP contribution in [0.4, 0.5) is 15.1 Å². The van der Waals surface area contributed by atoms with Crippen molar-refractivity contribution in [3.05, 3.63) is 72.1 Å². The molecule has 10 heteroatoms. The van der Waals surface area contributed by atoms with Crippen LogP contribution in [0, 0.1) is 6.92 Å². The number of hydrogen-bond donors (Lipinski definition) is 2. The number of aromatic nitrogens is 3. The number of likely N-dealkylation sites (tertiary alicyclic amines) is 1. The molecule has 0 aliphatic carbocycles. The van der Waals surface area contributed by atoms with E-state index in [9.17, 15) is 14.3 Å². The fourth-order valence-electron chi connectivity index (χ4n) is 5.37. The van der Waals surface area contributed by atoms with Crippen molar-refractivity contribution in [1.29, 1.82) is 0 Å². The van der Waals surface area contributed by atoms with Crippen molar-refractivity contribution in [3.8, 4) is 22.9 Å². The molecule has 1 unspecified atom stereocenters. The molecule has 0 radical (unpaired) electrons. The van der Waals surface area contributed by atoms with Gasteiger partial charge in [-0.15, -0.1) is 0 Å². The van der Waals surface area contributed by atoms with E-state index >= 15 is 0 Å². The number of fused-ring (bicyclic) bond motifs is 1. The fourth-order valence-corrected chi connectivity index (χ4v) is 5.37. The lowest BCUT2D eigenvalue weighted by Crippen LogP contribution is -2.47. The van der Waals surface area contributed by atoms with Crippen molar-refractivity contribution in [2.24, 2.45) is 0 Å². The monoisotopic (exact) mass is 601 g/mol. The minimum atomic E-state index is -0.975. The summed E-state index contributed by atoms with van der Waals surface area (Å²) >= 11 is 0. The van der Waals surface area contributed by atoms with E-state index in [4.69, 9.17) is 14.5 Å². The second-order valence-electron chi connectivity index (χ2n) is 12.2. The molecule has 232 valence electrons. The summed E-state index contributed by atoms with van der Waals surface area (Å²) in [5.74, 6) is 1.53. The Labute approximate surface area is 257 Å². The van der Waals surface area contributed by atoms with Crippen LogP contribution in [0.15, 0.2) is 60.9 Å². The highest BCUT2D eigenvalue weighted by atomic mass is 19.1. The predicted molar refractivity (Wildman–Crippen MR) is 169 cm³/mol. The number of nitrogens with one attached hydrogen (secondary N) is 1. The molecular formula is C34H40FN5O4. The number of aliphatic hydroxyl groups is 1. The van der Waals surface area contributed by atoms with Crippen LogP contribution < -0.4 is 10.1 Å². The lowest BCUT2D eigenvalue weighted by molar-refractivity contribution is 0.0206. The molecule has 44 heavy (non-hydrogen) atoms. The predicted octanol–water partition coefficient (Wildman–Crippen LogP) is 6.87. The van der Waals surface area contributed by atoms with Crippen molar-refractivity contribution in [2.45, 2.75) is 71.1 Å². The van der Waals surface area contributed by atoms with Crippen LogP contribution in [0.2, 0.25) is 0 Å². The van der Waals surface area contributed by atoms with Gasteiger partial charge in [-0.2, -0.15) is 0 Å². The molecular weight excluding hydrogens is 561 g/mol. The standard InChI is InChI=1S/C34H40FN5O4/c1-22-12-15-26-23(13-14-25(41)20-35)8-5-10-27(26)30(22)43-31-28(11-6-17-36-31)29-16-18-37-32(39-29)38-24-9-7-19-40(21-24)33(42)44-34(2,3)4/h5-6,8,10-12,15-18,24-25,41H,7,9,13-14,19-21H2,1-4H3,(H,37,38,39)/t24-,25?/m0/s1. The van der Waals surface area contributed by atoms with Crippen molar-refractivity contribution >= 4 is 22.8 Å². The molecule has 0 saturated carbocycles. The zero-order chi connectivity index (χ0) is 31.3. The highest BCUT2D eigenvalue weighted by Crippen LogP contribution is 2.37. The molecule has 0 bridgehead atoms. The minimum Gasteiger partial charge on any atom is -0.444 e. The maximum Gasteiger partial charge on any atom is 0.410 e. The Balaban J connectivity index is 1.37. The average Bonchev–Trinajstić information content (AvgIpc) is 3.01. The lowest BCUT2D eigenvalue weighted by Gasteiger charge is -2.34. The summed E-state index contributed by atoms with van der Waals surface area (Å²) in [6.07, 6.45) is 4.69. The SMILES string of the molecule is Cc1ccc2c(CCC(O)CF)cccc2c1Oc1ncccc1-c1ccnc(N[C@H]2CCCN(C(=O)OC(C)(C)C)C2)n1. The number of ether oxygens (including phenoxy) is 2. The van der Waals surface area contributed by atoms with E-state index in [0.717, 1.165) is 34.7 Å². The molecule has 1 aliphatic heterocycles. The Kier molecular flexibility index (Phi) is 9.58. The average molecular weight is 602 g/mol. The highest BCUT2D eigenvalue weighted by Gasteiger charge is 2.28. The molecule has 2 aromatic heterocycles. The first-order valence-electron chi connectivity index (χ1n) is 15.1. The number of rotatable bonds is 9. The van der Waals surface area contributed by atoms with E-state index < -0.39 is 18.4 Å². The summed E-state index contributed by atoms with van der Waals surface area (Å²) in [7, 11) is 0. The van der Waals surface area contributed by atoms with Crippen LogP contribution in [0.25, 0.3) is 22.0 Å². The summed E-state index contributed by atoms with van der Waals surface area (Å²) in [5.41, 5.74) is 2.75. The molecule has 1 fully saturated rings. The van der Waals surface area contributed by atoms with Crippen molar-refractivity contribution in [1.82, 2.24) is 19.9 Å². The Morgan fingerprint density at radius 1 is 1.11 bits per heavy atom. The van der Waals surface area contributed by atoms with Crippen LogP contribution >= 0.6 is 0 Å². The van der Waals surface area contributed by atoms with E-state index in [1.165, 1.54) is 0 Å². The number of piperidine rings is 1. The topological polar surface area (TPSA) is 110 Å². The number of pyridine rings is 1. The normalized spacial score (nSPS) is 16.0. The smallest absolute Gasteiger partial charge is 0.410 e. The van der Waals surface area contributed by atoms with E-state index in [2.05, 4.69) is 15.3 Å². The largest absolute Gasteiger partial charge is 0.444 e. The third-order valence-corrected chi connectivity index (χ3v) is 7.53. The van der Waals surface area contributed by atoms with Gasteiger partial charge < -0.3 is 24.8 Å². The summed E-state index contributed by atoms with van der Waals surface area (Å²) in [6.45, 7) is 7.96. The number of benzene rings is 2. The van der Waals surface area contributed by atoms with Crippen molar-refractivity contribution in [2.75, 3.05) is 25.1 Å². The number of carbonyl (C=O) groups excluding carboxylic acids is 1. The number of anilines is 1. The van der Waals surface area contributed by atoms with Crippen molar-refractivity contribution < 1.29 is 23.8 Å². The molecule has 9 nitrogen and oxygen atoms in total. The van der Waals surface area contributed by atoms with E-state index in [1.54, 1.807) is 17.3 Å². The van der Waals surface area contributed by atoms with Crippen LogP contribution in [-0.4, -0.2) is 68.6 Å². The molecule has 2 N–H and O–H groups in total. The van der Waals surface area contributed by atoms with Gasteiger partial charge in [0.15, 0.2) is 0 Å². The van der Waals surface area contributed by atoms with Crippen LogP contribution in [0.3, 0.4) is 0 Å². The Morgan fingerprint density at radius 3 is 2.75 bits per heavy atom. The number of alkyl halides is 1. The maximum absolute atomic E-state index is 12.9. The molecule has 4 aromatic rings. The Bertz CT molecular complexity index is 1610. The molecule has 0 spiro atoms. The second-order valence-corrected chi connectivity index (χ2v) is 12.2. The first-order chi connectivity index (χ1) is 21.1. The number of nitrogens with zero attached hydrogens (tertiary/aromatic N) is 4. The van der Waals surface area contributed by atoms with Crippen molar-refractivity contribution in [3.63, 3.8) is 0 Å². The third kappa shape index (κ3) is 7.60. The van der Waals surface area contributed by atoms with E-state index in [-0.39, 0.29) is 12.1 Å². The Hall–Kier alpha value is -4.31. The van der Waals surface area contributed by atoms with Crippen LogP contribution in [-0.2, 0) is 11.2 Å². The zero-order valence-corrected chi connectivity index (χ0v) is 25.7. The van der Waals surface area contributed by atoms with E-state index in [0.29, 0.717) is 54.8 Å². The number of amides is 1. The molecule has 1 saturated heterocycles. The second kappa shape index (κ2) is 13.5. The molecule has 1 aliphatic rings. The number of carbonyl (C=O) groups is 1. The summed E-state index contributed by atoms with van der Waals surface area (Å²) in [5, 5.41) is 15.1. The number of halogens is 1. The van der Waals surface area contributed by atoms with Gasteiger partial charge >= 0.3 is 6.09 Å². The van der Waals surface area contributed by atoms with Gasteiger partial charge in [-0.25, -0.2) is 24.1 Å². The lowest BCUT2D eigenvalue weighted by atomic mass is 9.97. The minimum absolute atomic E-state index is 0.0188. The van der Waals surface area contributed by atoms with Gasteiger partial charge in [0.05, 0.1) is 17.4 Å². The van der Waals surface area contributed by atoms with Gasteiger partial charge in [-0.3, -0.25) is 0 Å².